The number of hydrogen-bond donors (Lipinski definition) is 1. The van der Waals surface area contributed by atoms with Crippen LogP contribution in [0.5, 0.6) is 0 Å². The number of rotatable bonds is 1. The van der Waals surface area contributed by atoms with E-state index < -0.39 is 0 Å². The van der Waals surface area contributed by atoms with Gasteiger partial charge in [-0.15, -0.1) is 0 Å². The van der Waals surface area contributed by atoms with E-state index in [2.05, 4.69) is 5.32 Å². The van der Waals surface area contributed by atoms with Crippen LogP contribution in [0.3, 0.4) is 0 Å². The Morgan fingerprint density at radius 1 is 1.36 bits per heavy atom. The van der Waals surface area contributed by atoms with Crippen molar-refractivity contribution >= 4 is 11.5 Å². The molecule has 2 heteroatoms. The standard InChI is InChI=1S/C12H15NO/c1-9(14)10-5-6-12-11(8-10)4-2-3-7-13-12/h5-6,8,13H,2-4,7H2,1H3. The minimum Gasteiger partial charge on any atom is -0.385 e. The molecule has 1 aromatic rings. The second-order valence-corrected chi connectivity index (χ2v) is 3.81. The second-order valence-electron chi connectivity index (χ2n) is 3.81. The smallest absolute Gasteiger partial charge is 0.159 e. The van der Waals surface area contributed by atoms with Crippen molar-refractivity contribution in [3.05, 3.63) is 29.3 Å². The van der Waals surface area contributed by atoms with Gasteiger partial charge >= 0.3 is 0 Å². The maximum Gasteiger partial charge on any atom is 0.159 e. The Labute approximate surface area is 84.3 Å². The zero-order valence-corrected chi connectivity index (χ0v) is 8.47. The zero-order chi connectivity index (χ0) is 9.97. The highest BCUT2D eigenvalue weighted by Crippen LogP contribution is 2.22. The minimum absolute atomic E-state index is 0.150. The van der Waals surface area contributed by atoms with Crippen molar-refractivity contribution in [3.63, 3.8) is 0 Å². The molecular weight excluding hydrogens is 174 g/mol. The van der Waals surface area contributed by atoms with Crippen molar-refractivity contribution in [3.8, 4) is 0 Å². The first kappa shape index (κ1) is 9.25. The average Bonchev–Trinajstić information content (AvgIpc) is 2.41. The van der Waals surface area contributed by atoms with E-state index in [-0.39, 0.29) is 5.78 Å². The number of ketones is 1. The van der Waals surface area contributed by atoms with E-state index in [1.807, 2.05) is 18.2 Å². The van der Waals surface area contributed by atoms with E-state index in [0.29, 0.717) is 0 Å². The Morgan fingerprint density at radius 2 is 2.21 bits per heavy atom. The summed E-state index contributed by atoms with van der Waals surface area (Å²) in [6.45, 7) is 2.66. The van der Waals surface area contributed by atoms with Crippen molar-refractivity contribution < 1.29 is 4.79 Å². The van der Waals surface area contributed by atoms with Crippen LogP contribution in [-0.2, 0) is 6.42 Å². The Balaban J connectivity index is 2.37. The van der Waals surface area contributed by atoms with E-state index in [4.69, 9.17) is 0 Å². The normalized spacial score (nSPS) is 15.2. The molecule has 0 bridgehead atoms. The van der Waals surface area contributed by atoms with Crippen LogP contribution in [-0.4, -0.2) is 12.3 Å². The number of Topliss-reactive ketones (excluding diaryl/α,β-unsaturated/α-hetero) is 1. The Morgan fingerprint density at radius 3 is 3.00 bits per heavy atom. The maximum absolute atomic E-state index is 11.2. The topological polar surface area (TPSA) is 29.1 Å². The Bertz CT molecular complexity index is 357. The van der Waals surface area contributed by atoms with Crippen molar-refractivity contribution in [2.75, 3.05) is 11.9 Å². The third-order valence-corrected chi connectivity index (χ3v) is 2.70. The Kier molecular flexibility index (Phi) is 2.53. The van der Waals surface area contributed by atoms with Crippen LogP contribution in [0.25, 0.3) is 0 Å². The van der Waals surface area contributed by atoms with Gasteiger partial charge in [0.15, 0.2) is 5.78 Å². The van der Waals surface area contributed by atoms with Crippen LogP contribution in [0.4, 0.5) is 5.69 Å². The van der Waals surface area contributed by atoms with Crippen molar-refractivity contribution in [1.29, 1.82) is 0 Å². The second kappa shape index (κ2) is 3.82. The predicted octanol–water partition coefficient (Wildman–Crippen LogP) is 2.64. The highest BCUT2D eigenvalue weighted by molar-refractivity contribution is 5.94. The summed E-state index contributed by atoms with van der Waals surface area (Å²) in [6, 6.07) is 5.95. The van der Waals surface area contributed by atoms with Crippen LogP contribution in [0.15, 0.2) is 18.2 Å². The molecule has 2 rings (SSSR count). The van der Waals surface area contributed by atoms with Gasteiger partial charge in [0.2, 0.25) is 0 Å². The predicted molar refractivity (Wildman–Crippen MR) is 57.9 cm³/mol. The molecule has 0 aliphatic carbocycles. The molecule has 74 valence electrons. The third-order valence-electron chi connectivity index (χ3n) is 2.70. The Hall–Kier alpha value is -1.31. The van der Waals surface area contributed by atoms with Gasteiger partial charge in [-0.3, -0.25) is 4.79 Å². The summed E-state index contributed by atoms with van der Waals surface area (Å²) >= 11 is 0. The van der Waals surface area contributed by atoms with E-state index in [1.54, 1.807) is 6.92 Å². The first-order valence-electron chi connectivity index (χ1n) is 5.15. The van der Waals surface area contributed by atoms with Crippen LogP contribution >= 0.6 is 0 Å². The molecule has 14 heavy (non-hydrogen) atoms. The van der Waals surface area contributed by atoms with E-state index in [9.17, 15) is 4.79 Å². The summed E-state index contributed by atoms with van der Waals surface area (Å²) in [6.07, 6.45) is 3.51. The van der Waals surface area contributed by atoms with Crippen LogP contribution in [0, 0.1) is 0 Å². The molecule has 1 aliphatic rings. The van der Waals surface area contributed by atoms with Gasteiger partial charge in [0.25, 0.3) is 0 Å². The summed E-state index contributed by atoms with van der Waals surface area (Å²) in [5.74, 6) is 0.150. The lowest BCUT2D eigenvalue weighted by atomic mass is 10.0. The molecular formula is C12H15NO. The first-order valence-corrected chi connectivity index (χ1v) is 5.15. The van der Waals surface area contributed by atoms with Crippen LogP contribution < -0.4 is 5.32 Å². The molecule has 1 N–H and O–H groups in total. The molecule has 1 heterocycles. The number of carbonyl (C=O) groups excluding carboxylic acids is 1. The van der Waals surface area contributed by atoms with Gasteiger partial charge in [-0.25, -0.2) is 0 Å². The summed E-state index contributed by atoms with van der Waals surface area (Å²) in [7, 11) is 0. The van der Waals surface area contributed by atoms with Crippen LogP contribution in [0.2, 0.25) is 0 Å². The highest BCUT2D eigenvalue weighted by atomic mass is 16.1. The van der Waals surface area contributed by atoms with Crippen LogP contribution in [0.1, 0.15) is 35.7 Å². The average molecular weight is 189 g/mol. The van der Waals surface area contributed by atoms with E-state index in [0.717, 1.165) is 18.5 Å². The molecule has 0 spiro atoms. The maximum atomic E-state index is 11.2. The van der Waals surface area contributed by atoms with Crippen molar-refractivity contribution in [2.24, 2.45) is 0 Å². The monoisotopic (exact) mass is 189 g/mol. The molecule has 0 unspecified atom stereocenters. The van der Waals surface area contributed by atoms with Gasteiger partial charge in [-0.2, -0.15) is 0 Å². The highest BCUT2D eigenvalue weighted by Gasteiger charge is 2.08. The van der Waals surface area contributed by atoms with Gasteiger partial charge in [-0.05, 0) is 49.9 Å². The molecule has 2 nitrogen and oxygen atoms in total. The lowest BCUT2D eigenvalue weighted by Gasteiger charge is -2.08. The number of aryl methyl sites for hydroxylation is 1. The fourth-order valence-corrected chi connectivity index (χ4v) is 1.86. The molecule has 0 amide bonds. The number of carbonyl (C=O) groups is 1. The van der Waals surface area contributed by atoms with Gasteiger partial charge < -0.3 is 5.32 Å². The van der Waals surface area contributed by atoms with E-state index >= 15 is 0 Å². The fourth-order valence-electron chi connectivity index (χ4n) is 1.86. The molecule has 0 saturated carbocycles. The summed E-state index contributed by atoms with van der Waals surface area (Å²) in [4.78, 5) is 11.2. The molecule has 0 aromatic heterocycles. The number of anilines is 1. The number of nitrogens with one attached hydrogen (secondary N) is 1. The van der Waals surface area contributed by atoms with Gasteiger partial charge in [0, 0.05) is 17.8 Å². The molecule has 0 fully saturated rings. The van der Waals surface area contributed by atoms with Gasteiger partial charge in [-0.1, -0.05) is 0 Å². The van der Waals surface area contributed by atoms with E-state index in [1.165, 1.54) is 24.1 Å². The first-order chi connectivity index (χ1) is 6.77. The molecule has 1 aromatic carbocycles. The lowest BCUT2D eigenvalue weighted by molar-refractivity contribution is 0.101. The lowest BCUT2D eigenvalue weighted by Crippen LogP contribution is -2.01. The largest absolute Gasteiger partial charge is 0.385 e. The van der Waals surface area contributed by atoms with Gasteiger partial charge in [0.05, 0.1) is 0 Å². The number of hydrogen-bond acceptors (Lipinski definition) is 2. The summed E-state index contributed by atoms with van der Waals surface area (Å²) in [5, 5.41) is 3.38. The number of fused-ring (bicyclic) bond motifs is 1. The van der Waals surface area contributed by atoms with Crippen molar-refractivity contribution in [1.82, 2.24) is 0 Å². The minimum atomic E-state index is 0.150. The SMILES string of the molecule is CC(=O)c1ccc2c(c1)CCCCN2. The zero-order valence-electron chi connectivity index (χ0n) is 8.47. The third kappa shape index (κ3) is 1.79. The quantitative estimate of drug-likeness (QED) is 0.688. The molecule has 0 radical (unpaired) electrons. The summed E-state index contributed by atoms with van der Waals surface area (Å²) in [5.41, 5.74) is 3.31. The van der Waals surface area contributed by atoms with Crippen molar-refractivity contribution in [2.45, 2.75) is 26.2 Å². The van der Waals surface area contributed by atoms with Gasteiger partial charge in [0.1, 0.15) is 0 Å². The molecule has 0 saturated heterocycles. The molecule has 1 aliphatic heterocycles. The number of benzene rings is 1. The fraction of sp³-hybridized carbons (Fsp3) is 0.417. The molecule has 0 atom stereocenters. The summed E-state index contributed by atoms with van der Waals surface area (Å²) < 4.78 is 0.